The Bertz CT molecular complexity index is 409. The zero-order valence-electron chi connectivity index (χ0n) is 11.0. The molecule has 18 heavy (non-hydrogen) atoms. The maximum atomic E-state index is 12.0. The van der Waals surface area contributed by atoms with Crippen LogP contribution in [0.3, 0.4) is 0 Å². The monoisotopic (exact) mass is 270 g/mol. The number of alkyl carbamates (subject to hydrolysis) is 1. The minimum absolute atomic E-state index is 0.182. The van der Waals surface area contributed by atoms with Crippen LogP contribution in [-0.4, -0.2) is 28.5 Å². The van der Waals surface area contributed by atoms with Crippen molar-refractivity contribution < 1.29 is 14.3 Å². The molecule has 0 aliphatic rings. The summed E-state index contributed by atoms with van der Waals surface area (Å²) in [6.07, 6.45) is 1.48. The second-order valence-electron chi connectivity index (χ2n) is 4.81. The van der Waals surface area contributed by atoms with Gasteiger partial charge in [0.05, 0.1) is 6.04 Å². The summed E-state index contributed by atoms with van der Waals surface area (Å²) in [7, 11) is 0. The minimum Gasteiger partial charge on any atom is -0.444 e. The molecule has 0 spiro atoms. The molecule has 0 bridgehead atoms. The SMILES string of the molecule is CCC(NC(=O)OC(C)(C)C)C(=O)c1nccs1. The van der Waals surface area contributed by atoms with Gasteiger partial charge < -0.3 is 10.1 Å². The van der Waals surface area contributed by atoms with E-state index in [2.05, 4.69) is 10.3 Å². The Balaban J connectivity index is 2.63. The summed E-state index contributed by atoms with van der Waals surface area (Å²) in [6, 6.07) is -0.592. The normalized spacial score (nSPS) is 12.9. The van der Waals surface area contributed by atoms with Crippen molar-refractivity contribution in [1.82, 2.24) is 10.3 Å². The van der Waals surface area contributed by atoms with Gasteiger partial charge in [0.2, 0.25) is 5.78 Å². The highest BCUT2D eigenvalue weighted by molar-refractivity contribution is 7.11. The highest BCUT2D eigenvalue weighted by Gasteiger charge is 2.25. The van der Waals surface area contributed by atoms with E-state index in [1.165, 1.54) is 11.3 Å². The zero-order valence-corrected chi connectivity index (χ0v) is 11.8. The lowest BCUT2D eigenvalue weighted by Gasteiger charge is -2.22. The summed E-state index contributed by atoms with van der Waals surface area (Å²) < 4.78 is 5.12. The van der Waals surface area contributed by atoms with E-state index in [4.69, 9.17) is 4.74 Å². The van der Waals surface area contributed by atoms with Gasteiger partial charge in [0.25, 0.3) is 0 Å². The number of amides is 1. The number of carbonyl (C=O) groups excluding carboxylic acids is 2. The number of Topliss-reactive ketones (excluding diaryl/α,β-unsaturated/α-hetero) is 1. The molecule has 1 aromatic heterocycles. The van der Waals surface area contributed by atoms with Gasteiger partial charge >= 0.3 is 6.09 Å². The van der Waals surface area contributed by atoms with Crippen molar-refractivity contribution >= 4 is 23.2 Å². The predicted octanol–water partition coefficient (Wildman–Crippen LogP) is 2.63. The molecule has 1 amide bonds. The standard InChI is InChI=1S/C12H18N2O3S/c1-5-8(9(15)10-13-6-7-18-10)14-11(16)17-12(2,3)4/h6-8H,5H2,1-4H3,(H,14,16). The van der Waals surface area contributed by atoms with Gasteiger partial charge in [-0.15, -0.1) is 11.3 Å². The fraction of sp³-hybridized carbons (Fsp3) is 0.583. The molecule has 0 radical (unpaired) electrons. The number of carbonyl (C=O) groups is 2. The van der Waals surface area contributed by atoms with E-state index in [1.54, 1.807) is 32.3 Å². The summed E-state index contributed by atoms with van der Waals surface area (Å²) in [5, 5.41) is 4.70. The molecule has 1 unspecified atom stereocenters. The zero-order chi connectivity index (χ0) is 13.8. The topological polar surface area (TPSA) is 68.3 Å². The van der Waals surface area contributed by atoms with Crippen LogP contribution in [0.25, 0.3) is 0 Å². The van der Waals surface area contributed by atoms with E-state index >= 15 is 0 Å². The van der Waals surface area contributed by atoms with Crippen LogP contribution in [-0.2, 0) is 4.74 Å². The summed E-state index contributed by atoms with van der Waals surface area (Å²) in [6.45, 7) is 7.15. The van der Waals surface area contributed by atoms with Crippen LogP contribution in [0.2, 0.25) is 0 Å². The van der Waals surface area contributed by atoms with Crippen molar-refractivity contribution in [2.24, 2.45) is 0 Å². The van der Waals surface area contributed by atoms with Crippen molar-refractivity contribution in [3.05, 3.63) is 16.6 Å². The second kappa shape index (κ2) is 5.95. The van der Waals surface area contributed by atoms with Crippen molar-refractivity contribution in [2.45, 2.75) is 45.8 Å². The second-order valence-corrected chi connectivity index (χ2v) is 5.70. The average molecular weight is 270 g/mol. The molecule has 1 heterocycles. The van der Waals surface area contributed by atoms with Crippen LogP contribution >= 0.6 is 11.3 Å². The highest BCUT2D eigenvalue weighted by Crippen LogP contribution is 2.11. The average Bonchev–Trinajstić information content (AvgIpc) is 2.75. The highest BCUT2D eigenvalue weighted by atomic mass is 32.1. The van der Waals surface area contributed by atoms with Crippen LogP contribution in [0.4, 0.5) is 4.79 Å². The van der Waals surface area contributed by atoms with E-state index in [-0.39, 0.29) is 5.78 Å². The fourth-order valence-electron chi connectivity index (χ4n) is 1.30. The number of hydrogen-bond donors (Lipinski definition) is 1. The number of nitrogens with zero attached hydrogens (tertiary/aromatic N) is 1. The van der Waals surface area contributed by atoms with Crippen molar-refractivity contribution in [1.29, 1.82) is 0 Å². The summed E-state index contributed by atoms with van der Waals surface area (Å²) in [5.74, 6) is -0.182. The molecule has 1 atom stereocenters. The fourth-order valence-corrected chi connectivity index (χ4v) is 1.93. The minimum atomic E-state index is -0.592. The smallest absolute Gasteiger partial charge is 0.408 e. The molecule has 0 aliphatic carbocycles. The Morgan fingerprint density at radius 3 is 2.61 bits per heavy atom. The van der Waals surface area contributed by atoms with E-state index < -0.39 is 17.7 Å². The molecule has 1 aromatic rings. The Morgan fingerprint density at radius 1 is 1.50 bits per heavy atom. The first-order valence-electron chi connectivity index (χ1n) is 5.76. The molecule has 0 aromatic carbocycles. The third-order valence-electron chi connectivity index (χ3n) is 2.06. The van der Waals surface area contributed by atoms with Gasteiger partial charge in [0.15, 0.2) is 5.01 Å². The molecular weight excluding hydrogens is 252 g/mol. The number of ketones is 1. The third kappa shape index (κ3) is 4.44. The first kappa shape index (κ1) is 14.6. The largest absolute Gasteiger partial charge is 0.444 e. The van der Waals surface area contributed by atoms with Gasteiger partial charge in [-0.25, -0.2) is 9.78 Å². The Morgan fingerprint density at radius 2 is 2.17 bits per heavy atom. The summed E-state index contributed by atoms with van der Waals surface area (Å²) in [4.78, 5) is 27.6. The molecule has 1 rings (SSSR count). The molecule has 0 fully saturated rings. The molecular formula is C12H18N2O3S. The van der Waals surface area contributed by atoms with Gasteiger partial charge in [-0.2, -0.15) is 0 Å². The Hall–Kier alpha value is -1.43. The lowest BCUT2D eigenvalue weighted by atomic mass is 10.1. The Kier molecular flexibility index (Phi) is 4.84. The number of aromatic nitrogens is 1. The number of hydrogen-bond acceptors (Lipinski definition) is 5. The van der Waals surface area contributed by atoms with E-state index in [0.717, 1.165) is 0 Å². The lowest BCUT2D eigenvalue weighted by molar-refractivity contribution is 0.0490. The number of nitrogens with one attached hydrogen (secondary N) is 1. The van der Waals surface area contributed by atoms with Crippen LogP contribution in [0.1, 0.15) is 43.9 Å². The van der Waals surface area contributed by atoms with E-state index in [1.807, 2.05) is 6.92 Å². The van der Waals surface area contributed by atoms with Crippen molar-refractivity contribution in [3.63, 3.8) is 0 Å². The maximum Gasteiger partial charge on any atom is 0.408 e. The van der Waals surface area contributed by atoms with Crippen LogP contribution < -0.4 is 5.32 Å². The molecule has 0 saturated carbocycles. The number of rotatable bonds is 4. The van der Waals surface area contributed by atoms with E-state index in [9.17, 15) is 9.59 Å². The van der Waals surface area contributed by atoms with Crippen LogP contribution in [0, 0.1) is 0 Å². The first-order chi connectivity index (χ1) is 8.33. The van der Waals surface area contributed by atoms with Gasteiger partial charge in [-0.1, -0.05) is 6.92 Å². The molecule has 100 valence electrons. The van der Waals surface area contributed by atoms with Crippen molar-refractivity contribution in [2.75, 3.05) is 0 Å². The quantitative estimate of drug-likeness (QED) is 0.854. The van der Waals surface area contributed by atoms with Crippen LogP contribution in [0.5, 0.6) is 0 Å². The molecule has 0 aliphatic heterocycles. The third-order valence-corrected chi connectivity index (χ3v) is 2.85. The lowest BCUT2D eigenvalue weighted by Crippen LogP contribution is -2.43. The molecule has 0 saturated heterocycles. The number of thiazole rings is 1. The Labute approximate surface area is 111 Å². The first-order valence-corrected chi connectivity index (χ1v) is 6.64. The van der Waals surface area contributed by atoms with Crippen molar-refractivity contribution in [3.8, 4) is 0 Å². The predicted molar refractivity (Wildman–Crippen MR) is 69.9 cm³/mol. The molecule has 1 N–H and O–H groups in total. The van der Waals surface area contributed by atoms with Gasteiger partial charge in [0, 0.05) is 11.6 Å². The van der Waals surface area contributed by atoms with Gasteiger partial charge in [0.1, 0.15) is 5.60 Å². The summed E-state index contributed by atoms with van der Waals surface area (Å²) in [5.41, 5.74) is -0.577. The molecule has 5 nitrogen and oxygen atoms in total. The van der Waals surface area contributed by atoms with Gasteiger partial charge in [-0.05, 0) is 27.2 Å². The molecule has 6 heteroatoms. The maximum absolute atomic E-state index is 12.0. The van der Waals surface area contributed by atoms with Gasteiger partial charge in [-0.3, -0.25) is 4.79 Å². The van der Waals surface area contributed by atoms with Crippen LogP contribution in [0.15, 0.2) is 11.6 Å². The number of ether oxygens (including phenoxy) is 1. The summed E-state index contributed by atoms with van der Waals surface area (Å²) >= 11 is 1.26. The van der Waals surface area contributed by atoms with E-state index in [0.29, 0.717) is 11.4 Å².